The smallest absolute Gasteiger partial charge is 0.340 e. The predicted octanol–water partition coefficient (Wildman–Crippen LogP) is 19.3. The number of halogens is 2. The first-order valence-corrected chi connectivity index (χ1v) is 46.2. The monoisotopic (exact) mass is 1670 g/mol. The second-order valence-electron chi connectivity index (χ2n) is 30.8. The normalized spacial score (nSPS) is 14.2. The van der Waals surface area contributed by atoms with Crippen LogP contribution in [0.1, 0.15) is 134 Å². The van der Waals surface area contributed by atoms with Gasteiger partial charge in [0.25, 0.3) is 11.9 Å². The zero-order valence-electron chi connectivity index (χ0n) is 65.3. The van der Waals surface area contributed by atoms with Crippen molar-refractivity contribution in [2.24, 2.45) is 10.8 Å². The molecule has 108 heavy (non-hydrogen) atoms. The van der Waals surface area contributed by atoms with Crippen molar-refractivity contribution in [3.8, 4) is 34.5 Å². The Kier molecular flexibility index (Phi) is 32.7. The molecule has 0 fully saturated rings. The standard InChI is InChI=1S/C46H64N2O7S4.C30H34Cl2N2O3S4.2C2H4O2/c1-11-44(12-2,23-27-56-58-29-25-47(5,6)7)42(50)52-33-19-21-37-39(31-33)54-40-32-34(20-22-38(40)46(37)36-18-16-15-17-35(36)41(49)55-46)53-43(51)45(13-3,14-4)24-28-57-59-30-26-48(8,9)10;1-33(2,3)11-13-38-40-27-17-25-21(15-23(27)31)30(20-10-8-7-9-19(20)29(35)37-30)22-16-24(32)28(18-26(22)36-25)41-39-14-12-34(4,5)6;2*1-2(3)4/h15-22,31-32H,11-14,23-30H2,1-10H3;7-10,15-18H,11-14H2,1-6H3;2*1H3,(H,3,4)/q2*+2;;. The molecular weight excluding hydrogens is 1570 g/mol. The summed E-state index contributed by atoms with van der Waals surface area (Å²) in [4.78, 5) is 74.5. The summed E-state index contributed by atoms with van der Waals surface area (Å²) in [5.41, 5.74) is 1.27. The third kappa shape index (κ3) is 23.6. The van der Waals surface area contributed by atoms with Crippen LogP contribution < -0.4 is 18.9 Å². The van der Waals surface area contributed by atoms with Crippen LogP contribution in [0.5, 0.6) is 34.5 Å². The van der Waals surface area contributed by atoms with Crippen LogP contribution in [0, 0.1) is 10.8 Å². The lowest BCUT2D eigenvalue weighted by molar-refractivity contribution is -0.867. The van der Waals surface area contributed by atoms with Crippen LogP contribution in [-0.2, 0) is 39.9 Å². The number of carboxylic acid groups (broad SMARTS) is 2. The lowest BCUT2D eigenvalue weighted by atomic mass is 9.77. The van der Waals surface area contributed by atoms with E-state index in [0.717, 1.165) is 108 Å². The molecule has 0 aliphatic carbocycles. The van der Waals surface area contributed by atoms with Gasteiger partial charge < -0.3 is 56.6 Å². The van der Waals surface area contributed by atoms with E-state index < -0.39 is 39.9 Å². The predicted molar refractivity (Wildman–Crippen MR) is 451 cm³/mol. The Morgan fingerprint density at radius 2 is 0.713 bits per heavy atom. The molecule has 0 atom stereocenters. The number of hydrogen-bond donors (Lipinski definition) is 2. The molecule has 4 aliphatic heterocycles. The van der Waals surface area contributed by atoms with Crippen molar-refractivity contribution in [3.63, 3.8) is 0 Å². The van der Waals surface area contributed by atoms with E-state index in [1.165, 1.54) is 0 Å². The summed E-state index contributed by atoms with van der Waals surface area (Å²) in [7, 11) is 40.4. The zero-order valence-corrected chi connectivity index (χ0v) is 73.4. The fraction of sp³-hybridized carbons (Fsp3) is 0.475. The number of hydrogen-bond acceptors (Lipinski definition) is 20. The zero-order chi connectivity index (χ0) is 79.8. The highest BCUT2D eigenvalue weighted by Gasteiger charge is 2.56. The number of nitrogens with zero attached hydrogens (tertiary/aromatic N) is 4. The molecule has 28 heteroatoms. The molecule has 4 heterocycles. The molecular formula is C80H106Cl2N4O14S8+4. The SMILES string of the molecule is CC(=O)O.CC(=O)O.CCC(CC)(CCSSCC[N+](C)(C)C)C(=O)Oc1ccc2c(c1)Oc1cc(OC(=O)C(CC)(CC)CCSSCC[N+](C)(C)C)ccc1C21OC(=O)c2ccccc21.C[N+](C)(C)CCSSc1cc2c(cc1Cl)C1(OC(=O)c3ccccc31)c1cc(Cl)c(SSCC[N+](C)(C)C)cc1O2. The Labute approximate surface area is 680 Å². The summed E-state index contributed by atoms with van der Waals surface area (Å²) in [6, 6.07) is 33.1. The summed E-state index contributed by atoms with van der Waals surface area (Å²) in [6.45, 7) is 14.6. The Morgan fingerprint density at radius 3 is 1.04 bits per heavy atom. The molecule has 588 valence electrons. The number of carbonyl (C=O) groups excluding carboxylic acids is 4. The van der Waals surface area contributed by atoms with Gasteiger partial charge in [-0.05, 0) is 99.2 Å². The average molecular weight is 1680 g/mol. The summed E-state index contributed by atoms with van der Waals surface area (Å²) in [5, 5.41) is 16.0. The van der Waals surface area contributed by atoms with Crippen molar-refractivity contribution >= 4 is 145 Å². The van der Waals surface area contributed by atoms with Crippen LogP contribution in [0.25, 0.3) is 0 Å². The number of esters is 4. The van der Waals surface area contributed by atoms with Gasteiger partial charge in [-0.15, -0.1) is 0 Å². The second-order valence-corrected chi connectivity index (χ2v) is 41.9. The number of rotatable bonds is 32. The van der Waals surface area contributed by atoms with Crippen molar-refractivity contribution in [1.29, 1.82) is 0 Å². The van der Waals surface area contributed by atoms with Gasteiger partial charge >= 0.3 is 23.9 Å². The molecule has 4 aliphatic rings. The molecule has 6 aromatic carbocycles. The minimum atomic E-state index is -1.32. The molecule has 0 bridgehead atoms. The Morgan fingerprint density at radius 1 is 0.417 bits per heavy atom. The number of aliphatic carboxylic acids is 2. The van der Waals surface area contributed by atoms with Crippen LogP contribution in [0.2, 0.25) is 10.0 Å². The molecule has 2 spiro atoms. The lowest BCUT2D eigenvalue weighted by Gasteiger charge is -2.37. The molecule has 6 aromatic rings. The van der Waals surface area contributed by atoms with Crippen molar-refractivity contribution < 1.29 is 85.3 Å². The van der Waals surface area contributed by atoms with Crippen LogP contribution in [0.3, 0.4) is 0 Å². The number of fused-ring (bicyclic) bond motifs is 12. The van der Waals surface area contributed by atoms with Crippen molar-refractivity contribution in [2.75, 3.05) is 145 Å². The van der Waals surface area contributed by atoms with Gasteiger partial charge in [-0.25, -0.2) is 9.59 Å². The number of carboxylic acids is 2. The first-order chi connectivity index (χ1) is 50.7. The van der Waals surface area contributed by atoms with Crippen molar-refractivity contribution in [1.82, 2.24) is 0 Å². The van der Waals surface area contributed by atoms with E-state index >= 15 is 0 Å². The van der Waals surface area contributed by atoms with Gasteiger partial charge in [0, 0.05) is 80.7 Å². The average Bonchev–Trinajstić information content (AvgIpc) is 1.47. The molecule has 0 aromatic heterocycles. The van der Waals surface area contributed by atoms with Crippen LogP contribution in [-0.4, -0.2) is 209 Å². The topological polar surface area (TPSA) is 198 Å². The van der Waals surface area contributed by atoms with E-state index in [2.05, 4.69) is 84.6 Å². The highest BCUT2D eigenvalue weighted by atomic mass is 35.5. The molecule has 10 rings (SSSR count). The van der Waals surface area contributed by atoms with Gasteiger partial charge in [0.05, 0.1) is 166 Å². The van der Waals surface area contributed by atoms with Gasteiger partial charge in [0.2, 0.25) is 0 Å². The maximum absolute atomic E-state index is 14.0. The quantitative estimate of drug-likeness (QED) is 0.0133. The van der Waals surface area contributed by atoms with Gasteiger partial charge in [0.15, 0.2) is 11.2 Å². The third-order valence-electron chi connectivity index (χ3n) is 18.6. The van der Waals surface area contributed by atoms with Crippen molar-refractivity contribution in [2.45, 2.75) is 101 Å². The Bertz CT molecular complexity index is 3970. The third-order valence-corrected chi connectivity index (χ3v) is 29.0. The van der Waals surface area contributed by atoms with Crippen LogP contribution in [0.4, 0.5) is 0 Å². The van der Waals surface area contributed by atoms with E-state index in [0.29, 0.717) is 122 Å². The molecule has 0 saturated carbocycles. The van der Waals surface area contributed by atoms with Crippen LogP contribution >= 0.6 is 110 Å². The van der Waals surface area contributed by atoms with Gasteiger partial charge in [0.1, 0.15) is 34.5 Å². The second kappa shape index (κ2) is 39.1. The fourth-order valence-electron chi connectivity index (χ4n) is 12.1. The van der Waals surface area contributed by atoms with Crippen molar-refractivity contribution in [3.05, 3.63) is 164 Å². The molecule has 2 N–H and O–H groups in total. The number of benzene rings is 6. The van der Waals surface area contributed by atoms with Gasteiger partial charge in [-0.3, -0.25) is 19.2 Å². The molecule has 0 unspecified atom stereocenters. The summed E-state index contributed by atoms with van der Waals surface area (Å²) in [6.07, 6.45) is 4.04. The van der Waals surface area contributed by atoms with E-state index in [-0.39, 0.29) is 17.9 Å². The Hall–Kier alpha value is -5.04. The fourth-order valence-corrected chi connectivity index (χ4v) is 22.8. The van der Waals surface area contributed by atoms with Gasteiger partial charge in [-0.1, -0.05) is 174 Å². The minimum absolute atomic E-state index is 0.270. The maximum Gasteiger partial charge on any atom is 0.340 e. The molecule has 0 amide bonds. The van der Waals surface area contributed by atoms with E-state index in [1.807, 2.05) is 144 Å². The lowest BCUT2D eigenvalue weighted by Crippen LogP contribution is -2.36. The van der Waals surface area contributed by atoms with Gasteiger partial charge in [-0.2, -0.15) is 0 Å². The number of ether oxygens (including phenoxy) is 6. The summed E-state index contributed by atoms with van der Waals surface area (Å²) >= 11 is 13.7. The maximum atomic E-state index is 14.0. The number of carbonyl (C=O) groups is 6. The van der Waals surface area contributed by atoms with E-state index in [1.54, 1.807) is 79.6 Å². The summed E-state index contributed by atoms with van der Waals surface area (Å²) in [5.74, 6) is 5.39. The first kappa shape index (κ1) is 90.2. The van der Waals surface area contributed by atoms with E-state index in [4.69, 9.17) is 71.4 Å². The highest BCUT2D eigenvalue weighted by molar-refractivity contribution is 8.77. The largest absolute Gasteiger partial charge is 0.481 e. The first-order valence-electron chi connectivity index (χ1n) is 35.8. The highest BCUT2D eigenvalue weighted by Crippen LogP contribution is 2.61. The molecule has 18 nitrogen and oxygen atoms in total. The summed E-state index contributed by atoms with van der Waals surface area (Å²) < 4.78 is 41.8. The van der Waals surface area contributed by atoms with E-state index in [9.17, 15) is 19.2 Å². The minimum Gasteiger partial charge on any atom is -0.481 e. The number of quaternary nitrogens is 4. The van der Waals surface area contributed by atoms with Crippen LogP contribution in [0.15, 0.2) is 119 Å². The molecule has 0 radical (unpaired) electrons. The Balaban J connectivity index is 0.000000287. The molecule has 0 saturated heterocycles.